The molecular weight excluding hydrogens is 206 g/mol. The number of nitrogens with zero attached hydrogens (tertiary/aromatic N) is 1. The number of hydrogen-bond acceptors (Lipinski definition) is 4. The second-order valence-corrected chi connectivity index (χ2v) is 5.17. The SMILES string of the molecule is CC1CN(CC(O)C2CCOC2)CC(C)O1. The van der Waals surface area contributed by atoms with Crippen molar-refractivity contribution in [3.63, 3.8) is 0 Å². The van der Waals surface area contributed by atoms with E-state index in [-0.39, 0.29) is 18.3 Å². The van der Waals surface area contributed by atoms with Crippen LogP contribution in [0.15, 0.2) is 0 Å². The van der Waals surface area contributed by atoms with Crippen molar-refractivity contribution in [2.24, 2.45) is 5.92 Å². The van der Waals surface area contributed by atoms with E-state index in [2.05, 4.69) is 18.7 Å². The fourth-order valence-corrected chi connectivity index (χ4v) is 2.70. The summed E-state index contributed by atoms with van der Waals surface area (Å²) in [6.45, 7) is 8.31. The molecule has 94 valence electrons. The molecule has 2 fully saturated rings. The number of rotatable bonds is 3. The minimum Gasteiger partial charge on any atom is -0.391 e. The van der Waals surface area contributed by atoms with Crippen LogP contribution in [0.1, 0.15) is 20.3 Å². The summed E-state index contributed by atoms with van der Waals surface area (Å²) in [6, 6.07) is 0. The van der Waals surface area contributed by atoms with E-state index in [1.54, 1.807) is 0 Å². The lowest BCUT2D eigenvalue weighted by Crippen LogP contribution is -2.49. The minimum atomic E-state index is -0.250. The van der Waals surface area contributed by atoms with Crippen molar-refractivity contribution in [2.45, 2.75) is 38.6 Å². The molecule has 1 N–H and O–H groups in total. The molecule has 16 heavy (non-hydrogen) atoms. The van der Waals surface area contributed by atoms with Crippen molar-refractivity contribution in [3.05, 3.63) is 0 Å². The number of aliphatic hydroxyl groups excluding tert-OH is 1. The van der Waals surface area contributed by atoms with Gasteiger partial charge in [0.25, 0.3) is 0 Å². The third kappa shape index (κ3) is 3.17. The monoisotopic (exact) mass is 229 g/mol. The van der Waals surface area contributed by atoms with Gasteiger partial charge in [-0.25, -0.2) is 0 Å². The van der Waals surface area contributed by atoms with Crippen LogP contribution in [-0.2, 0) is 9.47 Å². The maximum atomic E-state index is 10.1. The van der Waals surface area contributed by atoms with E-state index in [9.17, 15) is 5.11 Å². The second kappa shape index (κ2) is 5.45. The van der Waals surface area contributed by atoms with Crippen molar-refractivity contribution in [3.8, 4) is 0 Å². The first-order valence-corrected chi connectivity index (χ1v) is 6.28. The van der Waals surface area contributed by atoms with Gasteiger partial charge in [-0.05, 0) is 20.3 Å². The van der Waals surface area contributed by atoms with Crippen LogP contribution >= 0.6 is 0 Å². The Morgan fingerprint density at radius 1 is 1.31 bits per heavy atom. The van der Waals surface area contributed by atoms with Crippen molar-refractivity contribution in [1.82, 2.24) is 4.90 Å². The van der Waals surface area contributed by atoms with Crippen LogP contribution in [-0.4, -0.2) is 61.2 Å². The lowest BCUT2D eigenvalue weighted by Gasteiger charge is -2.37. The first-order valence-electron chi connectivity index (χ1n) is 6.28. The van der Waals surface area contributed by atoms with Crippen molar-refractivity contribution in [2.75, 3.05) is 32.8 Å². The molecule has 0 aromatic heterocycles. The molecule has 2 saturated heterocycles. The van der Waals surface area contributed by atoms with Crippen LogP contribution in [0.3, 0.4) is 0 Å². The number of aliphatic hydroxyl groups is 1. The van der Waals surface area contributed by atoms with E-state index in [0.717, 1.165) is 39.3 Å². The van der Waals surface area contributed by atoms with Gasteiger partial charge in [-0.1, -0.05) is 0 Å². The quantitative estimate of drug-likeness (QED) is 0.765. The van der Waals surface area contributed by atoms with E-state index in [4.69, 9.17) is 9.47 Å². The maximum Gasteiger partial charge on any atom is 0.0718 e. The normalized spacial score (nSPS) is 38.8. The molecule has 0 spiro atoms. The Balaban J connectivity index is 1.79. The van der Waals surface area contributed by atoms with Crippen molar-refractivity contribution in [1.29, 1.82) is 0 Å². The van der Waals surface area contributed by atoms with Crippen molar-refractivity contribution < 1.29 is 14.6 Å². The summed E-state index contributed by atoms with van der Waals surface area (Å²) in [4.78, 5) is 2.31. The van der Waals surface area contributed by atoms with Crippen molar-refractivity contribution >= 4 is 0 Å². The van der Waals surface area contributed by atoms with E-state index in [1.165, 1.54) is 0 Å². The van der Waals surface area contributed by atoms with Crippen LogP contribution in [0.2, 0.25) is 0 Å². The molecule has 0 aromatic carbocycles. The second-order valence-electron chi connectivity index (χ2n) is 5.17. The molecule has 2 aliphatic heterocycles. The first-order chi connectivity index (χ1) is 7.65. The fraction of sp³-hybridized carbons (Fsp3) is 1.00. The Morgan fingerprint density at radius 2 is 2.00 bits per heavy atom. The highest BCUT2D eigenvalue weighted by atomic mass is 16.5. The Labute approximate surface area is 97.5 Å². The predicted octanol–water partition coefficient (Wildman–Crippen LogP) is 0.493. The third-order valence-electron chi connectivity index (χ3n) is 3.45. The third-order valence-corrected chi connectivity index (χ3v) is 3.45. The molecule has 0 aliphatic carbocycles. The van der Waals surface area contributed by atoms with E-state index in [1.807, 2.05) is 0 Å². The number of hydrogen-bond donors (Lipinski definition) is 1. The molecule has 0 bridgehead atoms. The summed E-state index contributed by atoms with van der Waals surface area (Å²) >= 11 is 0. The number of β-amino-alcohol motifs (C(OH)–C–C–N with tert-alkyl or cyclic N) is 1. The fourth-order valence-electron chi connectivity index (χ4n) is 2.70. The highest BCUT2D eigenvalue weighted by Crippen LogP contribution is 2.19. The smallest absolute Gasteiger partial charge is 0.0718 e. The topological polar surface area (TPSA) is 41.9 Å². The summed E-state index contributed by atoms with van der Waals surface area (Å²) in [7, 11) is 0. The van der Waals surface area contributed by atoms with Gasteiger partial charge >= 0.3 is 0 Å². The summed E-state index contributed by atoms with van der Waals surface area (Å²) in [5.74, 6) is 0.327. The zero-order valence-corrected chi connectivity index (χ0v) is 10.3. The summed E-state index contributed by atoms with van der Waals surface area (Å²) in [5.41, 5.74) is 0. The highest BCUT2D eigenvalue weighted by molar-refractivity contribution is 4.80. The maximum absolute atomic E-state index is 10.1. The van der Waals surface area contributed by atoms with Crippen LogP contribution in [0, 0.1) is 5.92 Å². The summed E-state index contributed by atoms with van der Waals surface area (Å²) in [5, 5.41) is 10.1. The summed E-state index contributed by atoms with van der Waals surface area (Å²) < 4.78 is 11.0. The number of morpholine rings is 1. The molecule has 0 radical (unpaired) electrons. The lowest BCUT2D eigenvalue weighted by atomic mass is 10.0. The molecule has 0 amide bonds. The highest BCUT2D eigenvalue weighted by Gasteiger charge is 2.29. The van der Waals surface area contributed by atoms with Gasteiger partial charge in [-0.2, -0.15) is 0 Å². The van der Waals surface area contributed by atoms with Gasteiger partial charge in [0, 0.05) is 32.2 Å². The molecule has 4 atom stereocenters. The Kier molecular flexibility index (Phi) is 4.19. The molecule has 4 nitrogen and oxygen atoms in total. The molecule has 2 heterocycles. The average Bonchev–Trinajstić information content (AvgIpc) is 2.68. The first kappa shape index (κ1) is 12.3. The number of ether oxygens (including phenoxy) is 2. The van der Waals surface area contributed by atoms with E-state index < -0.39 is 0 Å². The molecule has 4 heteroatoms. The van der Waals surface area contributed by atoms with Crippen LogP contribution in [0.5, 0.6) is 0 Å². The Morgan fingerprint density at radius 3 is 2.56 bits per heavy atom. The van der Waals surface area contributed by atoms with Gasteiger partial charge in [0.2, 0.25) is 0 Å². The Hall–Kier alpha value is -0.160. The summed E-state index contributed by atoms with van der Waals surface area (Å²) in [6.07, 6.45) is 1.29. The van der Waals surface area contributed by atoms with Gasteiger partial charge < -0.3 is 14.6 Å². The van der Waals surface area contributed by atoms with Gasteiger partial charge in [0.1, 0.15) is 0 Å². The van der Waals surface area contributed by atoms with Gasteiger partial charge in [0.05, 0.1) is 24.9 Å². The van der Waals surface area contributed by atoms with Crippen LogP contribution in [0.25, 0.3) is 0 Å². The molecule has 0 saturated carbocycles. The van der Waals surface area contributed by atoms with E-state index >= 15 is 0 Å². The van der Waals surface area contributed by atoms with Gasteiger partial charge in [-0.3, -0.25) is 4.90 Å². The van der Waals surface area contributed by atoms with E-state index in [0.29, 0.717) is 5.92 Å². The zero-order chi connectivity index (χ0) is 11.5. The molecule has 2 rings (SSSR count). The van der Waals surface area contributed by atoms with Crippen LogP contribution < -0.4 is 0 Å². The largest absolute Gasteiger partial charge is 0.391 e. The van der Waals surface area contributed by atoms with Gasteiger partial charge in [0.15, 0.2) is 0 Å². The predicted molar refractivity (Wildman–Crippen MR) is 61.4 cm³/mol. The molecule has 2 aliphatic rings. The molecule has 0 aromatic rings. The Bertz CT molecular complexity index is 208. The standard InChI is InChI=1S/C12H23NO3/c1-9-5-13(6-10(2)16-9)7-12(14)11-3-4-15-8-11/h9-12,14H,3-8H2,1-2H3. The molecular formula is C12H23NO3. The zero-order valence-electron chi connectivity index (χ0n) is 10.3. The molecule has 4 unspecified atom stereocenters. The average molecular weight is 229 g/mol. The minimum absolute atomic E-state index is 0.250. The van der Waals surface area contributed by atoms with Gasteiger partial charge in [-0.15, -0.1) is 0 Å². The van der Waals surface area contributed by atoms with Crippen LogP contribution in [0.4, 0.5) is 0 Å². The lowest BCUT2D eigenvalue weighted by molar-refractivity contribution is -0.0803.